The van der Waals surface area contributed by atoms with Gasteiger partial charge in [0.05, 0.1) is 22.7 Å². The third-order valence-corrected chi connectivity index (χ3v) is 5.43. The van der Waals surface area contributed by atoms with Gasteiger partial charge in [0, 0.05) is 24.8 Å². The molecule has 0 amide bonds. The number of halogens is 1. The maximum absolute atomic E-state index is 9.36. The Hall–Kier alpha value is -3.36. The minimum atomic E-state index is -0.611. The molecule has 4 nitrogen and oxygen atoms in total. The van der Waals surface area contributed by atoms with Crippen LogP contribution in [0.15, 0.2) is 96.1 Å². The highest BCUT2D eigenvalue weighted by Gasteiger charge is 2.38. The lowest BCUT2D eigenvalue weighted by Gasteiger charge is -2.34. The topological polar surface area (TPSA) is 62.5 Å². The Labute approximate surface area is 178 Å². The number of nitrogens with zero attached hydrogens (tertiary/aromatic N) is 4. The number of benzene rings is 1. The molecule has 1 aromatic carbocycles. The molecule has 0 radical (unpaired) electrons. The van der Waals surface area contributed by atoms with E-state index >= 15 is 0 Å². The summed E-state index contributed by atoms with van der Waals surface area (Å²) < 4.78 is 0.762. The Morgan fingerprint density at radius 2 is 1.55 bits per heavy atom. The highest BCUT2D eigenvalue weighted by atomic mass is 79.9. The minimum absolute atomic E-state index is 0.611. The molecule has 4 rings (SSSR count). The molecule has 0 unspecified atom stereocenters. The smallest absolute Gasteiger partial charge is 0.106 e. The first kappa shape index (κ1) is 19.0. The molecule has 0 aliphatic heterocycles. The second-order valence-corrected chi connectivity index (χ2v) is 7.54. The molecule has 3 aromatic heterocycles. The van der Waals surface area contributed by atoms with Crippen LogP contribution in [-0.2, 0) is 11.8 Å². The number of hydrogen-bond acceptors (Lipinski definition) is 4. The monoisotopic (exact) mass is 440 g/mol. The van der Waals surface area contributed by atoms with Crippen molar-refractivity contribution in [3.63, 3.8) is 0 Å². The van der Waals surface area contributed by atoms with E-state index in [9.17, 15) is 5.26 Å². The molecule has 0 aliphatic rings. The van der Waals surface area contributed by atoms with Crippen LogP contribution in [0.4, 0.5) is 0 Å². The van der Waals surface area contributed by atoms with Crippen LogP contribution in [0, 0.1) is 11.3 Å². The molecule has 0 saturated carbocycles. The third-order valence-electron chi connectivity index (χ3n) is 4.99. The first-order valence-electron chi connectivity index (χ1n) is 9.15. The highest BCUT2D eigenvalue weighted by molar-refractivity contribution is 9.10. The van der Waals surface area contributed by atoms with Crippen molar-refractivity contribution in [1.82, 2.24) is 15.0 Å². The molecule has 0 fully saturated rings. The van der Waals surface area contributed by atoms with Gasteiger partial charge in [-0.1, -0.05) is 30.3 Å². The Kier molecular flexibility index (Phi) is 5.46. The summed E-state index contributed by atoms with van der Waals surface area (Å²) in [5.74, 6) is 0. The normalized spacial score (nSPS) is 11.0. The molecule has 0 bridgehead atoms. The fourth-order valence-electron chi connectivity index (χ4n) is 3.69. The van der Waals surface area contributed by atoms with Crippen LogP contribution in [0.2, 0.25) is 0 Å². The van der Waals surface area contributed by atoms with Crippen molar-refractivity contribution in [3.05, 3.63) is 124 Å². The van der Waals surface area contributed by atoms with E-state index in [0.717, 1.165) is 27.0 Å². The maximum Gasteiger partial charge on any atom is 0.106 e. The van der Waals surface area contributed by atoms with Gasteiger partial charge in [-0.25, -0.2) is 4.98 Å². The summed E-state index contributed by atoms with van der Waals surface area (Å²) >= 11 is 3.52. The molecule has 0 atom stereocenters. The van der Waals surface area contributed by atoms with Crippen molar-refractivity contribution in [3.8, 4) is 6.07 Å². The van der Waals surface area contributed by atoms with Gasteiger partial charge in [0.2, 0.25) is 0 Å². The SMILES string of the molecule is N#Cc1cccc(CC(c2cccnc2)(c2cccnc2)c2cccc(Br)n2)c1. The molecule has 5 heteroatoms. The van der Waals surface area contributed by atoms with Crippen molar-refractivity contribution < 1.29 is 0 Å². The van der Waals surface area contributed by atoms with Gasteiger partial charge in [-0.2, -0.15) is 5.26 Å². The van der Waals surface area contributed by atoms with Gasteiger partial charge in [-0.05, 0) is 75.4 Å². The van der Waals surface area contributed by atoms with E-state index in [1.807, 2.05) is 67.0 Å². The molecule has 4 aromatic rings. The summed E-state index contributed by atoms with van der Waals surface area (Å²) in [5.41, 5.74) is 3.98. The number of nitriles is 1. The van der Waals surface area contributed by atoms with Crippen molar-refractivity contribution in [2.45, 2.75) is 11.8 Å². The van der Waals surface area contributed by atoms with Gasteiger partial charge in [-0.3, -0.25) is 9.97 Å². The van der Waals surface area contributed by atoms with Gasteiger partial charge in [0.25, 0.3) is 0 Å². The standard InChI is InChI=1S/C24H17BrN4/c25-23-10-2-9-22(29-23)24(20-7-3-11-27-16-20,21-8-4-12-28-17-21)14-18-5-1-6-19(13-18)15-26/h1-13,16-17H,14H2. The van der Waals surface area contributed by atoms with Gasteiger partial charge < -0.3 is 0 Å². The molecular formula is C24H17BrN4. The summed E-state index contributed by atoms with van der Waals surface area (Å²) in [6, 6.07) is 23.9. The quantitative estimate of drug-likeness (QED) is 0.405. The van der Waals surface area contributed by atoms with E-state index in [4.69, 9.17) is 4.98 Å². The Morgan fingerprint density at radius 3 is 2.14 bits per heavy atom. The molecule has 3 heterocycles. The van der Waals surface area contributed by atoms with Crippen LogP contribution in [0.3, 0.4) is 0 Å². The molecule has 0 N–H and O–H groups in total. The van der Waals surface area contributed by atoms with Crippen LogP contribution < -0.4 is 0 Å². The minimum Gasteiger partial charge on any atom is -0.264 e. The Balaban J connectivity index is 2.02. The second kappa shape index (κ2) is 8.34. The van der Waals surface area contributed by atoms with Crippen molar-refractivity contribution in [1.29, 1.82) is 5.26 Å². The van der Waals surface area contributed by atoms with E-state index in [2.05, 4.69) is 44.1 Å². The van der Waals surface area contributed by atoms with E-state index in [1.54, 1.807) is 12.4 Å². The summed E-state index contributed by atoms with van der Waals surface area (Å²) in [5, 5.41) is 9.36. The van der Waals surface area contributed by atoms with E-state index in [1.165, 1.54) is 0 Å². The van der Waals surface area contributed by atoms with Crippen molar-refractivity contribution in [2.75, 3.05) is 0 Å². The summed E-state index contributed by atoms with van der Waals surface area (Å²) in [7, 11) is 0. The first-order valence-corrected chi connectivity index (χ1v) is 9.95. The third kappa shape index (κ3) is 3.80. The van der Waals surface area contributed by atoms with Crippen LogP contribution >= 0.6 is 15.9 Å². The summed E-state index contributed by atoms with van der Waals surface area (Å²) in [6.07, 6.45) is 7.90. The molecule has 0 saturated heterocycles. The average molecular weight is 441 g/mol. The Bertz CT molecular complexity index is 1110. The van der Waals surface area contributed by atoms with Gasteiger partial charge >= 0.3 is 0 Å². The fraction of sp³-hybridized carbons (Fsp3) is 0.0833. The zero-order chi connectivity index (χ0) is 20.1. The fourth-order valence-corrected chi connectivity index (χ4v) is 4.03. The molecule has 29 heavy (non-hydrogen) atoms. The zero-order valence-electron chi connectivity index (χ0n) is 15.5. The molecule has 0 aliphatic carbocycles. The number of hydrogen-bond donors (Lipinski definition) is 0. The molecule has 140 valence electrons. The summed E-state index contributed by atoms with van der Waals surface area (Å²) in [6.45, 7) is 0. The number of aromatic nitrogens is 3. The van der Waals surface area contributed by atoms with Crippen LogP contribution in [0.25, 0.3) is 0 Å². The van der Waals surface area contributed by atoms with Crippen LogP contribution in [0.5, 0.6) is 0 Å². The lowest BCUT2D eigenvalue weighted by molar-refractivity contribution is 0.586. The Morgan fingerprint density at radius 1 is 0.862 bits per heavy atom. The molecular weight excluding hydrogens is 424 g/mol. The van der Waals surface area contributed by atoms with Crippen molar-refractivity contribution in [2.24, 2.45) is 0 Å². The average Bonchev–Trinajstić information content (AvgIpc) is 2.79. The van der Waals surface area contributed by atoms with Crippen LogP contribution in [0.1, 0.15) is 27.9 Å². The predicted molar refractivity (Wildman–Crippen MR) is 115 cm³/mol. The number of pyridine rings is 3. The van der Waals surface area contributed by atoms with E-state index in [0.29, 0.717) is 12.0 Å². The predicted octanol–water partition coefficient (Wildman–Crippen LogP) is 5.08. The van der Waals surface area contributed by atoms with Gasteiger partial charge in [0.1, 0.15) is 4.60 Å². The lowest BCUT2D eigenvalue weighted by atomic mass is 9.69. The van der Waals surface area contributed by atoms with E-state index in [-0.39, 0.29) is 0 Å². The summed E-state index contributed by atoms with van der Waals surface area (Å²) in [4.78, 5) is 13.6. The largest absolute Gasteiger partial charge is 0.264 e. The van der Waals surface area contributed by atoms with Gasteiger partial charge in [0.15, 0.2) is 0 Å². The van der Waals surface area contributed by atoms with Gasteiger partial charge in [-0.15, -0.1) is 0 Å². The first-order chi connectivity index (χ1) is 14.2. The number of rotatable bonds is 5. The lowest BCUT2D eigenvalue weighted by Crippen LogP contribution is -2.33. The van der Waals surface area contributed by atoms with Crippen molar-refractivity contribution >= 4 is 15.9 Å². The maximum atomic E-state index is 9.36. The van der Waals surface area contributed by atoms with Crippen LogP contribution in [-0.4, -0.2) is 15.0 Å². The zero-order valence-corrected chi connectivity index (χ0v) is 17.1. The highest BCUT2D eigenvalue weighted by Crippen LogP contribution is 2.41. The van der Waals surface area contributed by atoms with E-state index < -0.39 is 5.41 Å². The molecule has 0 spiro atoms. The second-order valence-electron chi connectivity index (χ2n) is 6.72.